The van der Waals surface area contributed by atoms with Crippen molar-refractivity contribution in [2.24, 2.45) is 0 Å². The molecule has 0 aromatic carbocycles. The number of anilines is 1. The van der Waals surface area contributed by atoms with Crippen molar-refractivity contribution in [2.45, 2.75) is 44.6 Å². The minimum atomic E-state index is 0.688. The van der Waals surface area contributed by atoms with Crippen molar-refractivity contribution in [3.05, 3.63) is 26.9 Å². The number of rotatable bonds is 2. The largest absolute Gasteiger partial charge is 0.342 e. The van der Waals surface area contributed by atoms with E-state index in [2.05, 4.69) is 26.5 Å². The van der Waals surface area contributed by atoms with Crippen molar-refractivity contribution in [2.75, 3.05) is 11.4 Å². The lowest BCUT2D eigenvalue weighted by molar-refractivity contribution is 0.699. The van der Waals surface area contributed by atoms with Crippen LogP contribution in [-0.4, -0.2) is 16.7 Å². The number of thiophene rings is 1. The van der Waals surface area contributed by atoms with Crippen molar-refractivity contribution >= 4 is 27.8 Å². The van der Waals surface area contributed by atoms with Gasteiger partial charge in [0.05, 0.1) is 0 Å². The van der Waals surface area contributed by atoms with Gasteiger partial charge < -0.3 is 4.90 Å². The zero-order chi connectivity index (χ0) is 12.7. The van der Waals surface area contributed by atoms with Crippen molar-refractivity contribution in [3.8, 4) is 0 Å². The van der Waals surface area contributed by atoms with Crippen molar-refractivity contribution in [3.63, 3.8) is 0 Å². The van der Waals surface area contributed by atoms with Gasteiger partial charge in [0.1, 0.15) is 5.01 Å². The molecule has 0 unspecified atom stereocenters. The van der Waals surface area contributed by atoms with Crippen LogP contribution in [0.2, 0.25) is 0 Å². The van der Waals surface area contributed by atoms with Gasteiger partial charge in [-0.3, -0.25) is 0 Å². The number of nitrogens with zero attached hydrogens (tertiary/aromatic N) is 3. The van der Waals surface area contributed by atoms with Gasteiger partial charge in [0.15, 0.2) is 0 Å². The van der Waals surface area contributed by atoms with Crippen molar-refractivity contribution < 1.29 is 0 Å². The molecule has 4 rings (SSSR count). The first-order valence-corrected chi connectivity index (χ1v) is 8.73. The van der Waals surface area contributed by atoms with Crippen LogP contribution in [0, 0.1) is 0 Å². The topological polar surface area (TPSA) is 29.0 Å². The minimum Gasteiger partial charge on any atom is -0.342 e. The maximum Gasteiger partial charge on any atom is 0.208 e. The Morgan fingerprint density at radius 2 is 2.11 bits per heavy atom. The normalized spacial score (nSPS) is 19.9. The second-order valence-electron chi connectivity index (χ2n) is 5.44. The molecule has 0 saturated heterocycles. The summed E-state index contributed by atoms with van der Waals surface area (Å²) < 4.78 is 0. The minimum absolute atomic E-state index is 0.688. The molecule has 100 valence electrons. The van der Waals surface area contributed by atoms with Crippen LogP contribution in [0.4, 0.5) is 5.13 Å². The van der Waals surface area contributed by atoms with E-state index in [9.17, 15) is 0 Å². The average molecular weight is 291 g/mol. The Bertz CT molecular complexity index is 569. The lowest BCUT2D eigenvalue weighted by atomic mass is 10.1. The van der Waals surface area contributed by atoms with E-state index < -0.39 is 0 Å². The van der Waals surface area contributed by atoms with Gasteiger partial charge in [0, 0.05) is 23.9 Å². The molecule has 5 heteroatoms. The van der Waals surface area contributed by atoms with Gasteiger partial charge >= 0.3 is 0 Å². The Labute approximate surface area is 121 Å². The lowest BCUT2D eigenvalue weighted by Crippen LogP contribution is -2.29. The molecule has 2 aliphatic rings. The van der Waals surface area contributed by atoms with Gasteiger partial charge in [0.25, 0.3) is 0 Å². The van der Waals surface area contributed by atoms with Gasteiger partial charge in [-0.15, -0.1) is 21.5 Å². The SMILES string of the molecule is c1cc2c(s1)CCN(c1nnc(C3CCCC3)s1)C2. The molecule has 0 atom stereocenters. The molecule has 1 fully saturated rings. The Morgan fingerprint density at radius 3 is 3.00 bits per heavy atom. The number of aromatic nitrogens is 2. The van der Waals surface area contributed by atoms with E-state index in [1.165, 1.54) is 36.3 Å². The predicted octanol–water partition coefficient (Wildman–Crippen LogP) is 3.82. The summed E-state index contributed by atoms with van der Waals surface area (Å²) >= 11 is 3.71. The third kappa shape index (κ3) is 2.19. The smallest absolute Gasteiger partial charge is 0.208 e. The number of fused-ring (bicyclic) bond motifs is 1. The van der Waals surface area contributed by atoms with E-state index in [0.29, 0.717) is 5.92 Å². The standard InChI is InChI=1S/C14H17N3S2/c1-2-4-10(3-1)13-15-16-14(19-13)17-7-5-12-11(9-17)6-8-18-12/h6,8,10H,1-5,7,9H2. The molecular formula is C14H17N3S2. The van der Waals surface area contributed by atoms with Crippen LogP contribution in [-0.2, 0) is 13.0 Å². The molecule has 0 N–H and O–H groups in total. The maximum absolute atomic E-state index is 4.45. The number of hydrogen-bond donors (Lipinski definition) is 0. The molecule has 0 amide bonds. The molecule has 0 radical (unpaired) electrons. The summed E-state index contributed by atoms with van der Waals surface area (Å²) in [7, 11) is 0. The van der Waals surface area contributed by atoms with Gasteiger partial charge in [-0.2, -0.15) is 0 Å². The highest BCUT2D eigenvalue weighted by atomic mass is 32.1. The van der Waals surface area contributed by atoms with Gasteiger partial charge in [-0.05, 0) is 36.3 Å². The molecule has 3 heterocycles. The van der Waals surface area contributed by atoms with E-state index in [1.807, 2.05) is 22.7 Å². The average Bonchev–Trinajstić information content (AvgIpc) is 3.18. The first kappa shape index (κ1) is 11.9. The molecule has 0 spiro atoms. The van der Waals surface area contributed by atoms with E-state index in [1.54, 1.807) is 4.88 Å². The van der Waals surface area contributed by atoms with Crippen LogP contribution in [0.1, 0.15) is 47.0 Å². The summed E-state index contributed by atoms with van der Waals surface area (Å²) in [5.41, 5.74) is 1.48. The predicted molar refractivity (Wildman–Crippen MR) is 80.2 cm³/mol. The summed E-state index contributed by atoms with van der Waals surface area (Å²) in [5, 5.41) is 13.5. The fraction of sp³-hybridized carbons (Fsp3) is 0.571. The van der Waals surface area contributed by atoms with Crippen molar-refractivity contribution in [1.29, 1.82) is 0 Å². The summed E-state index contributed by atoms with van der Waals surface area (Å²) in [6, 6.07) is 2.26. The van der Waals surface area contributed by atoms with Crippen LogP contribution in [0.5, 0.6) is 0 Å². The van der Waals surface area contributed by atoms with Crippen LogP contribution in [0.25, 0.3) is 0 Å². The monoisotopic (exact) mass is 291 g/mol. The van der Waals surface area contributed by atoms with Crippen LogP contribution >= 0.6 is 22.7 Å². The Kier molecular flexibility index (Phi) is 3.04. The van der Waals surface area contributed by atoms with Gasteiger partial charge in [-0.1, -0.05) is 24.2 Å². The highest BCUT2D eigenvalue weighted by molar-refractivity contribution is 7.15. The summed E-state index contributed by atoms with van der Waals surface area (Å²) in [5.74, 6) is 0.688. The Balaban J connectivity index is 1.54. The maximum atomic E-state index is 4.45. The van der Waals surface area contributed by atoms with Gasteiger partial charge in [0.2, 0.25) is 5.13 Å². The zero-order valence-electron chi connectivity index (χ0n) is 10.8. The second-order valence-corrected chi connectivity index (χ2v) is 7.43. The molecule has 1 aliphatic heterocycles. The first-order valence-electron chi connectivity index (χ1n) is 7.04. The van der Waals surface area contributed by atoms with Gasteiger partial charge in [-0.25, -0.2) is 0 Å². The molecular weight excluding hydrogens is 274 g/mol. The third-order valence-corrected chi connectivity index (χ3v) is 6.38. The highest BCUT2D eigenvalue weighted by Gasteiger charge is 2.24. The van der Waals surface area contributed by atoms with E-state index in [-0.39, 0.29) is 0 Å². The van der Waals surface area contributed by atoms with Crippen LogP contribution in [0.15, 0.2) is 11.4 Å². The summed E-state index contributed by atoms with van der Waals surface area (Å²) in [4.78, 5) is 3.95. The molecule has 2 aromatic heterocycles. The molecule has 3 nitrogen and oxygen atoms in total. The third-order valence-electron chi connectivity index (χ3n) is 4.21. The van der Waals surface area contributed by atoms with Crippen LogP contribution in [0.3, 0.4) is 0 Å². The van der Waals surface area contributed by atoms with Crippen LogP contribution < -0.4 is 4.90 Å². The fourth-order valence-electron chi connectivity index (χ4n) is 3.10. The summed E-state index contributed by atoms with van der Waals surface area (Å²) in [6.45, 7) is 2.10. The highest BCUT2D eigenvalue weighted by Crippen LogP contribution is 2.38. The zero-order valence-corrected chi connectivity index (χ0v) is 12.5. The molecule has 2 aromatic rings. The Hall–Kier alpha value is -0.940. The van der Waals surface area contributed by atoms with E-state index >= 15 is 0 Å². The molecule has 19 heavy (non-hydrogen) atoms. The molecule has 1 aliphatic carbocycles. The lowest BCUT2D eigenvalue weighted by Gasteiger charge is -2.25. The quantitative estimate of drug-likeness (QED) is 0.842. The number of hydrogen-bond acceptors (Lipinski definition) is 5. The molecule has 0 bridgehead atoms. The first-order chi connectivity index (χ1) is 9.40. The Morgan fingerprint density at radius 1 is 1.21 bits per heavy atom. The fourth-order valence-corrected chi connectivity index (χ4v) is 5.03. The summed E-state index contributed by atoms with van der Waals surface area (Å²) in [6.07, 6.45) is 6.50. The second kappa shape index (κ2) is 4.87. The van der Waals surface area contributed by atoms with E-state index in [0.717, 1.165) is 24.6 Å². The molecule has 1 saturated carbocycles. The van der Waals surface area contributed by atoms with E-state index in [4.69, 9.17) is 0 Å². The van der Waals surface area contributed by atoms with Crippen molar-refractivity contribution in [1.82, 2.24) is 10.2 Å².